The Morgan fingerprint density at radius 1 is 0.750 bits per heavy atom. The molecule has 0 saturated heterocycles. The Kier molecular flexibility index (Phi) is 5.48. The van der Waals surface area contributed by atoms with Gasteiger partial charge in [0.05, 0.1) is 19.0 Å². The lowest BCUT2D eigenvalue weighted by Crippen LogP contribution is -1.95. The van der Waals surface area contributed by atoms with E-state index in [1.165, 1.54) is 0 Å². The highest BCUT2D eigenvalue weighted by Crippen LogP contribution is 2.36. The number of fused-ring (bicyclic) bond motifs is 1. The zero-order valence-electron chi connectivity index (χ0n) is 17.1. The second-order valence-corrected chi connectivity index (χ2v) is 8.13. The lowest BCUT2D eigenvalue weighted by molar-refractivity contribution is 0.415. The topological polar surface area (TPSA) is 36.3 Å². The molecule has 0 saturated carbocycles. The minimum Gasteiger partial charge on any atom is -0.497 e. The largest absolute Gasteiger partial charge is 0.497 e. The van der Waals surface area contributed by atoms with E-state index in [0.717, 1.165) is 33.5 Å². The maximum absolute atomic E-state index is 6.22. The molecule has 4 aromatic carbocycles. The molecule has 0 aliphatic rings. The number of rotatable bonds is 5. The molecule has 0 spiro atoms. The molecular weight excluding hydrogens is 443 g/mol. The third-order valence-electron chi connectivity index (χ3n) is 5.08. The summed E-state index contributed by atoms with van der Waals surface area (Å²) in [6, 6.07) is 27.1. The van der Waals surface area contributed by atoms with Crippen molar-refractivity contribution in [2.24, 2.45) is 0 Å². The molecule has 4 nitrogen and oxygen atoms in total. The summed E-state index contributed by atoms with van der Waals surface area (Å²) in [5.41, 5.74) is 2.39. The van der Waals surface area contributed by atoms with Gasteiger partial charge in [-0.15, -0.1) is 0 Å². The Balaban J connectivity index is 1.63. The molecule has 0 aliphatic heterocycles. The van der Waals surface area contributed by atoms with Gasteiger partial charge >= 0.3 is 0 Å². The predicted molar refractivity (Wildman–Crippen MR) is 130 cm³/mol. The summed E-state index contributed by atoms with van der Waals surface area (Å²) in [4.78, 5) is 0. The number of aromatic nitrogens is 2. The van der Waals surface area contributed by atoms with Crippen LogP contribution < -0.4 is 9.47 Å². The SMILES string of the molecule is COc1ccc2cc(-c3nn(-c4cc(Cl)cc(Cl)c4)cc3Oc3ccccc3)ccc2c1. The normalized spacial score (nSPS) is 11.0. The van der Waals surface area contributed by atoms with Gasteiger partial charge in [0.2, 0.25) is 0 Å². The van der Waals surface area contributed by atoms with Gasteiger partial charge in [-0.1, -0.05) is 59.6 Å². The van der Waals surface area contributed by atoms with Crippen LogP contribution in [0.25, 0.3) is 27.7 Å². The van der Waals surface area contributed by atoms with Crippen LogP contribution in [0.3, 0.4) is 0 Å². The summed E-state index contributed by atoms with van der Waals surface area (Å²) in [5, 5.41) is 8.05. The van der Waals surface area contributed by atoms with Crippen molar-refractivity contribution in [2.45, 2.75) is 0 Å². The van der Waals surface area contributed by atoms with Crippen molar-refractivity contribution in [2.75, 3.05) is 7.11 Å². The number of halogens is 2. The average molecular weight is 461 g/mol. The summed E-state index contributed by atoms with van der Waals surface area (Å²) < 4.78 is 13.3. The molecule has 32 heavy (non-hydrogen) atoms. The number of hydrogen-bond donors (Lipinski definition) is 0. The highest BCUT2D eigenvalue weighted by Gasteiger charge is 2.16. The first-order valence-corrected chi connectivity index (χ1v) is 10.7. The number of para-hydroxylation sites is 1. The Morgan fingerprint density at radius 3 is 2.22 bits per heavy atom. The van der Waals surface area contributed by atoms with E-state index in [9.17, 15) is 0 Å². The lowest BCUT2D eigenvalue weighted by atomic mass is 10.0. The van der Waals surface area contributed by atoms with Crippen molar-refractivity contribution in [3.63, 3.8) is 0 Å². The highest BCUT2D eigenvalue weighted by atomic mass is 35.5. The Bertz CT molecular complexity index is 1390. The maximum Gasteiger partial charge on any atom is 0.173 e. The third-order valence-corrected chi connectivity index (χ3v) is 5.52. The predicted octanol–water partition coefficient (Wildman–Crippen LogP) is 7.80. The van der Waals surface area contributed by atoms with Gasteiger partial charge in [-0.2, -0.15) is 5.10 Å². The Labute approximate surface area is 195 Å². The first-order valence-electron chi connectivity index (χ1n) is 9.96. The van der Waals surface area contributed by atoms with Gasteiger partial charge in [0.15, 0.2) is 5.75 Å². The third kappa shape index (κ3) is 4.15. The van der Waals surface area contributed by atoms with Crippen LogP contribution in [0, 0.1) is 0 Å². The maximum atomic E-state index is 6.22. The fourth-order valence-corrected chi connectivity index (χ4v) is 4.06. The summed E-state index contributed by atoms with van der Waals surface area (Å²) in [6.45, 7) is 0. The van der Waals surface area contributed by atoms with Crippen molar-refractivity contribution in [1.29, 1.82) is 0 Å². The molecule has 0 unspecified atom stereocenters. The van der Waals surface area contributed by atoms with Crippen LogP contribution in [0.4, 0.5) is 0 Å². The lowest BCUT2D eigenvalue weighted by Gasteiger charge is -2.07. The number of methoxy groups -OCH3 is 1. The van der Waals surface area contributed by atoms with Crippen molar-refractivity contribution >= 4 is 34.0 Å². The van der Waals surface area contributed by atoms with Crippen LogP contribution in [-0.2, 0) is 0 Å². The summed E-state index contributed by atoms with van der Waals surface area (Å²) in [6.07, 6.45) is 1.84. The molecule has 0 atom stereocenters. The van der Waals surface area contributed by atoms with Crippen LogP contribution >= 0.6 is 23.2 Å². The molecular formula is C26H18Cl2N2O2. The fourth-order valence-electron chi connectivity index (χ4n) is 3.55. The van der Waals surface area contributed by atoms with E-state index in [0.29, 0.717) is 21.5 Å². The Morgan fingerprint density at radius 2 is 1.47 bits per heavy atom. The molecule has 5 aromatic rings. The number of ether oxygens (including phenoxy) is 2. The standard InChI is InChI=1S/C26H18Cl2N2O2/c1-31-24-10-9-17-11-19(8-7-18(17)12-24)26-25(32-23-5-3-2-4-6-23)16-30(29-26)22-14-20(27)13-21(28)15-22/h2-16H,1H3. The van der Waals surface area contributed by atoms with Crippen molar-refractivity contribution in [3.05, 3.63) is 101 Å². The van der Waals surface area contributed by atoms with Crippen LogP contribution in [-0.4, -0.2) is 16.9 Å². The second-order valence-electron chi connectivity index (χ2n) is 7.26. The van der Waals surface area contributed by atoms with E-state index in [4.69, 9.17) is 37.8 Å². The van der Waals surface area contributed by atoms with Crippen molar-refractivity contribution in [1.82, 2.24) is 9.78 Å². The molecule has 0 aliphatic carbocycles. The van der Waals surface area contributed by atoms with Crippen LogP contribution in [0.1, 0.15) is 0 Å². The van der Waals surface area contributed by atoms with Gasteiger partial charge in [-0.3, -0.25) is 0 Å². The first-order chi connectivity index (χ1) is 15.6. The van der Waals surface area contributed by atoms with Gasteiger partial charge < -0.3 is 9.47 Å². The molecule has 0 fully saturated rings. The fraction of sp³-hybridized carbons (Fsp3) is 0.0385. The number of benzene rings is 4. The zero-order valence-corrected chi connectivity index (χ0v) is 18.6. The van der Waals surface area contributed by atoms with E-state index in [1.807, 2.05) is 72.9 Å². The van der Waals surface area contributed by atoms with Gasteiger partial charge in [0.1, 0.15) is 17.2 Å². The van der Waals surface area contributed by atoms with E-state index >= 15 is 0 Å². The zero-order chi connectivity index (χ0) is 22.1. The number of hydrogen-bond acceptors (Lipinski definition) is 3. The van der Waals surface area contributed by atoms with Crippen LogP contribution in [0.5, 0.6) is 17.2 Å². The monoisotopic (exact) mass is 460 g/mol. The van der Waals surface area contributed by atoms with Gasteiger partial charge in [0.25, 0.3) is 0 Å². The minimum atomic E-state index is 0.537. The van der Waals surface area contributed by atoms with E-state index < -0.39 is 0 Å². The van der Waals surface area contributed by atoms with Gasteiger partial charge in [0, 0.05) is 15.6 Å². The highest BCUT2D eigenvalue weighted by molar-refractivity contribution is 6.34. The van der Waals surface area contributed by atoms with Crippen molar-refractivity contribution < 1.29 is 9.47 Å². The van der Waals surface area contributed by atoms with E-state index in [-0.39, 0.29) is 0 Å². The van der Waals surface area contributed by atoms with Crippen molar-refractivity contribution in [3.8, 4) is 34.2 Å². The average Bonchev–Trinajstić information content (AvgIpc) is 3.22. The van der Waals surface area contributed by atoms with Gasteiger partial charge in [-0.25, -0.2) is 4.68 Å². The smallest absolute Gasteiger partial charge is 0.173 e. The summed E-state index contributed by atoms with van der Waals surface area (Å²) >= 11 is 12.4. The molecule has 0 amide bonds. The van der Waals surface area contributed by atoms with E-state index in [1.54, 1.807) is 17.9 Å². The first kappa shape index (κ1) is 20.4. The molecule has 0 radical (unpaired) electrons. The van der Waals surface area contributed by atoms with Crippen LogP contribution in [0.2, 0.25) is 10.0 Å². The molecule has 5 rings (SSSR count). The molecule has 0 bridgehead atoms. The molecule has 158 valence electrons. The quantitative estimate of drug-likeness (QED) is 0.268. The van der Waals surface area contributed by atoms with Crippen LogP contribution in [0.15, 0.2) is 91.1 Å². The summed E-state index contributed by atoms with van der Waals surface area (Å²) in [5.74, 6) is 2.17. The summed E-state index contributed by atoms with van der Waals surface area (Å²) in [7, 11) is 1.66. The second kappa shape index (κ2) is 8.58. The molecule has 1 aromatic heterocycles. The van der Waals surface area contributed by atoms with E-state index in [2.05, 4.69) is 12.1 Å². The Hall–Kier alpha value is -3.47. The molecule has 1 heterocycles. The molecule has 0 N–H and O–H groups in total. The molecule has 6 heteroatoms. The minimum absolute atomic E-state index is 0.537. The number of nitrogens with zero attached hydrogens (tertiary/aromatic N) is 2. The van der Waals surface area contributed by atoms with Gasteiger partial charge in [-0.05, 0) is 59.3 Å².